The molecule has 0 saturated carbocycles. The molecule has 0 aliphatic heterocycles. The van der Waals surface area contributed by atoms with Crippen LogP contribution in [0.1, 0.15) is 6.42 Å². The summed E-state index contributed by atoms with van der Waals surface area (Å²) in [6.07, 6.45) is -4.53. The van der Waals surface area contributed by atoms with Crippen molar-refractivity contribution in [1.82, 2.24) is 9.55 Å². The summed E-state index contributed by atoms with van der Waals surface area (Å²) >= 11 is 0. The van der Waals surface area contributed by atoms with Gasteiger partial charge in [-0.3, -0.25) is 10.1 Å². The normalized spacial score (nSPS) is 13.1. The molecule has 1 atom stereocenters. The monoisotopic (exact) mass is 315 g/mol. The maximum atomic E-state index is 12.2. The topological polar surface area (TPSA) is 81.2 Å². The minimum absolute atomic E-state index is 0.0982. The van der Waals surface area contributed by atoms with E-state index in [-0.39, 0.29) is 12.2 Å². The third-order valence-corrected chi connectivity index (χ3v) is 2.93. The van der Waals surface area contributed by atoms with Crippen LogP contribution >= 0.6 is 0 Å². The summed E-state index contributed by atoms with van der Waals surface area (Å²) in [5.74, 6) is 0.330. The fraction of sp³-hybridized carbons (Fsp3) is 0.308. The largest absolute Gasteiger partial charge is 0.391 e. The van der Waals surface area contributed by atoms with Crippen LogP contribution in [-0.2, 0) is 6.54 Å². The van der Waals surface area contributed by atoms with E-state index in [0.29, 0.717) is 11.4 Å². The van der Waals surface area contributed by atoms with Gasteiger partial charge in [0.2, 0.25) is 0 Å². The van der Waals surface area contributed by atoms with Gasteiger partial charge >= 0.3 is 6.18 Å². The van der Waals surface area contributed by atoms with Gasteiger partial charge in [0.15, 0.2) is 0 Å². The fourth-order valence-electron chi connectivity index (χ4n) is 2.01. The summed E-state index contributed by atoms with van der Waals surface area (Å²) in [7, 11) is 0. The van der Waals surface area contributed by atoms with Gasteiger partial charge in [0.05, 0.1) is 24.0 Å². The molecule has 0 unspecified atom stereocenters. The Hall–Kier alpha value is -2.42. The summed E-state index contributed by atoms with van der Waals surface area (Å²) in [6.45, 7) is -0.272. The van der Waals surface area contributed by atoms with E-state index in [2.05, 4.69) is 4.98 Å². The van der Waals surface area contributed by atoms with Crippen LogP contribution in [0.25, 0.3) is 11.4 Å². The smallest absolute Gasteiger partial charge is 0.391 e. The molecule has 1 heterocycles. The third-order valence-electron chi connectivity index (χ3n) is 2.93. The Morgan fingerprint density at radius 3 is 2.50 bits per heavy atom. The van der Waals surface area contributed by atoms with Gasteiger partial charge in [0, 0.05) is 30.1 Å². The Morgan fingerprint density at radius 1 is 1.32 bits per heavy atom. The van der Waals surface area contributed by atoms with Gasteiger partial charge in [0.1, 0.15) is 5.82 Å². The Balaban J connectivity index is 2.17. The molecule has 0 saturated heterocycles. The highest BCUT2D eigenvalue weighted by atomic mass is 19.4. The zero-order chi connectivity index (χ0) is 16.3. The lowest BCUT2D eigenvalue weighted by Gasteiger charge is -2.15. The highest BCUT2D eigenvalue weighted by molar-refractivity contribution is 5.57. The molecule has 118 valence electrons. The van der Waals surface area contributed by atoms with Gasteiger partial charge in [-0.15, -0.1) is 0 Å². The van der Waals surface area contributed by atoms with Crippen LogP contribution in [0.2, 0.25) is 0 Å². The van der Waals surface area contributed by atoms with Crippen molar-refractivity contribution < 1.29 is 23.2 Å². The van der Waals surface area contributed by atoms with E-state index in [1.165, 1.54) is 41.2 Å². The van der Waals surface area contributed by atoms with Crippen LogP contribution in [0, 0.1) is 10.1 Å². The SMILES string of the molecule is O=[N+]([O-])c1ccc(-c2nccn2C[C@@H](O)CC(F)(F)F)cc1. The second-order valence-corrected chi connectivity index (χ2v) is 4.68. The molecule has 6 nitrogen and oxygen atoms in total. The number of rotatable bonds is 5. The summed E-state index contributed by atoms with van der Waals surface area (Å²) in [5, 5.41) is 20.1. The molecule has 2 aromatic rings. The molecule has 22 heavy (non-hydrogen) atoms. The lowest BCUT2D eigenvalue weighted by molar-refractivity contribution is -0.384. The van der Waals surface area contributed by atoms with E-state index >= 15 is 0 Å². The second-order valence-electron chi connectivity index (χ2n) is 4.68. The highest BCUT2D eigenvalue weighted by Crippen LogP contribution is 2.24. The van der Waals surface area contributed by atoms with Crippen molar-refractivity contribution in [3.8, 4) is 11.4 Å². The predicted molar refractivity (Wildman–Crippen MR) is 71.0 cm³/mol. The van der Waals surface area contributed by atoms with Crippen molar-refractivity contribution in [1.29, 1.82) is 0 Å². The Kier molecular flexibility index (Phi) is 4.45. The number of halogens is 3. The number of alkyl halides is 3. The molecule has 2 rings (SSSR count). The molecule has 1 aromatic heterocycles. The van der Waals surface area contributed by atoms with Gasteiger partial charge in [0.25, 0.3) is 5.69 Å². The number of aromatic nitrogens is 2. The van der Waals surface area contributed by atoms with Gasteiger partial charge in [-0.25, -0.2) is 4.98 Å². The van der Waals surface area contributed by atoms with Crippen molar-refractivity contribution in [2.24, 2.45) is 0 Å². The van der Waals surface area contributed by atoms with E-state index in [9.17, 15) is 28.4 Å². The van der Waals surface area contributed by atoms with E-state index in [0.717, 1.165) is 0 Å². The highest BCUT2D eigenvalue weighted by Gasteiger charge is 2.31. The number of non-ortho nitro benzene ring substituents is 1. The van der Waals surface area contributed by atoms with Crippen molar-refractivity contribution in [3.63, 3.8) is 0 Å². The standard InChI is InChI=1S/C13H12F3N3O3/c14-13(15,16)7-11(20)8-18-6-5-17-12(18)9-1-3-10(4-2-9)19(21)22/h1-6,11,20H,7-8H2/t11-/m0/s1. The first kappa shape index (κ1) is 16.0. The molecule has 0 aliphatic rings. The maximum Gasteiger partial charge on any atom is 0.391 e. The van der Waals surface area contributed by atoms with Crippen LogP contribution in [0.3, 0.4) is 0 Å². The minimum atomic E-state index is -4.45. The average molecular weight is 315 g/mol. The second kappa shape index (κ2) is 6.14. The molecule has 0 bridgehead atoms. The van der Waals surface area contributed by atoms with E-state index < -0.39 is 23.6 Å². The molecule has 0 fully saturated rings. The van der Waals surface area contributed by atoms with Crippen LogP contribution in [0.15, 0.2) is 36.7 Å². The summed E-state index contributed by atoms with van der Waals surface area (Å²) in [6, 6.07) is 5.46. The molecule has 9 heteroatoms. The average Bonchev–Trinajstić information content (AvgIpc) is 2.84. The van der Waals surface area contributed by atoms with Gasteiger partial charge in [-0.05, 0) is 12.1 Å². The number of hydrogen-bond acceptors (Lipinski definition) is 4. The number of nitrogens with zero attached hydrogens (tertiary/aromatic N) is 3. The van der Waals surface area contributed by atoms with E-state index in [4.69, 9.17) is 0 Å². The van der Waals surface area contributed by atoms with Gasteiger partial charge in [-0.1, -0.05) is 0 Å². The first-order valence-corrected chi connectivity index (χ1v) is 6.27. The number of nitro benzene ring substituents is 1. The lowest BCUT2D eigenvalue weighted by atomic mass is 10.2. The summed E-state index contributed by atoms with van der Waals surface area (Å²) in [4.78, 5) is 14.0. The van der Waals surface area contributed by atoms with E-state index in [1.54, 1.807) is 0 Å². The Bertz CT molecular complexity index is 653. The molecule has 0 aliphatic carbocycles. The predicted octanol–water partition coefficient (Wildman–Crippen LogP) is 2.77. The van der Waals surface area contributed by atoms with Crippen molar-refractivity contribution in [3.05, 3.63) is 46.8 Å². The third kappa shape index (κ3) is 4.04. The lowest BCUT2D eigenvalue weighted by Crippen LogP contribution is -2.24. The van der Waals surface area contributed by atoms with Crippen molar-refractivity contribution in [2.75, 3.05) is 0 Å². The maximum absolute atomic E-state index is 12.2. The van der Waals surface area contributed by atoms with Crippen molar-refractivity contribution in [2.45, 2.75) is 25.2 Å². The quantitative estimate of drug-likeness (QED) is 0.679. The van der Waals surface area contributed by atoms with E-state index in [1.807, 2.05) is 0 Å². The van der Waals surface area contributed by atoms with Crippen LogP contribution < -0.4 is 0 Å². The zero-order valence-electron chi connectivity index (χ0n) is 11.2. The number of aliphatic hydroxyl groups excluding tert-OH is 1. The molecule has 0 spiro atoms. The van der Waals surface area contributed by atoms with Crippen LogP contribution in [0.4, 0.5) is 18.9 Å². The number of nitro groups is 1. The van der Waals surface area contributed by atoms with Crippen molar-refractivity contribution >= 4 is 5.69 Å². The van der Waals surface area contributed by atoms with Gasteiger partial charge in [-0.2, -0.15) is 13.2 Å². The van der Waals surface area contributed by atoms with Gasteiger partial charge < -0.3 is 9.67 Å². The molecular formula is C13H12F3N3O3. The fourth-order valence-corrected chi connectivity index (χ4v) is 2.01. The minimum Gasteiger partial charge on any atom is -0.391 e. The zero-order valence-corrected chi connectivity index (χ0v) is 11.2. The Morgan fingerprint density at radius 2 is 1.95 bits per heavy atom. The molecule has 0 radical (unpaired) electrons. The molecule has 0 amide bonds. The number of aliphatic hydroxyl groups is 1. The number of benzene rings is 1. The molecule has 1 N–H and O–H groups in total. The number of imidazole rings is 1. The van der Waals surface area contributed by atoms with Crippen LogP contribution in [0.5, 0.6) is 0 Å². The molecule has 1 aromatic carbocycles. The molecular weight excluding hydrogens is 303 g/mol. The summed E-state index contributed by atoms with van der Waals surface area (Å²) in [5.41, 5.74) is 0.411. The first-order valence-electron chi connectivity index (χ1n) is 6.27. The summed E-state index contributed by atoms with van der Waals surface area (Å²) < 4.78 is 38.1. The number of hydrogen-bond donors (Lipinski definition) is 1. The Labute approximate surface area is 123 Å². The first-order chi connectivity index (χ1) is 10.3. The van der Waals surface area contributed by atoms with Crippen LogP contribution in [-0.4, -0.2) is 31.9 Å².